The SMILES string of the molecule is Cc1cc(C(=O)O)cc([N+](=O)[O-])c1. The number of hydrogen-bond acceptors (Lipinski definition) is 3. The average Bonchev–Trinajstić information content (AvgIpc) is 2.03. The Morgan fingerprint density at radius 2 is 2.08 bits per heavy atom. The van der Waals surface area contributed by atoms with Gasteiger partial charge in [-0.3, -0.25) is 10.1 Å². The fraction of sp³-hybridized carbons (Fsp3) is 0.125. The van der Waals surface area contributed by atoms with Crippen LogP contribution in [0.1, 0.15) is 15.9 Å². The van der Waals surface area contributed by atoms with Gasteiger partial charge < -0.3 is 5.11 Å². The lowest BCUT2D eigenvalue weighted by molar-refractivity contribution is -0.384. The summed E-state index contributed by atoms with van der Waals surface area (Å²) >= 11 is 0. The second-order valence-electron chi connectivity index (χ2n) is 2.62. The molecule has 0 atom stereocenters. The van der Waals surface area contributed by atoms with Gasteiger partial charge in [-0.05, 0) is 18.6 Å². The second kappa shape index (κ2) is 3.22. The third-order valence-electron chi connectivity index (χ3n) is 1.52. The zero-order valence-electron chi connectivity index (χ0n) is 6.85. The van der Waals surface area contributed by atoms with Gasteiger partial charge in [-0.1, -0.05) is 0 Å². The molecule has 1 rings (SSSR count). The topological polar surface area (TPSA) is 80.4 Å². The summed E-state index contributed by atoms with van der Waals surface area (Å²) in [6.45, 7) is 1.61. The summed E-state index contributed by atoms with van der Waals surface area (Å²) < 4.78 is 0. The number of nitro benzene ring substituents is 1. The zero-order valence-corrected chi connectivity index (χ0v) is 6.85. The molecule has 0 heterocycles. The molecule has 0 aliphatic carbocycles. The van der Waals surface area contributed by atoms with E-state index >= 15 is 0 Å². The maximum absolute atomic E-state index is 10.5. The molecule has 1 aromatic rings. The van der Waals surface area contributed by atoms with E-state index in [9.17, 15) is 14.9 Å². The fourth-order valence-corrected chi connectivity index (χ4v) is 0.992. The second-order valence-corrected chi connectivity index (χ2v) is 2.62. The molecule has 1 aromatic carbocycles. The van der Waals surface area contributed by atoms with Crippen molar-refractivity contribution >= 4 is 11.7 Å². The number of carbonyl (C=O) groups is 1. The molecule has 5 heteroatoms. The lowest BCUT2D eigenvalue weighted by Gasteiger charge is -1.97. The van der Waals surface area contributed by atoms with Crippen LogP contribution in [0.25, 0.3) is 0 Å². The molecule has 0 amide bonds. The molecule has 5 nitrogen and oxygen atoms in total. The maximum atomic E-state index is 10.5. The molecule has 0 saturated carbocycles. The highest BCUT2D eigenvalue weighted by atomic mass is 16.6. The Labute approximate surface area is 73.8 Å². The third kappa shape index (κ3) is 2.02. The van der Waals surface area contributed by atoms with Crippen LogP contribution in [0.5, 0.6) is 0 Å². The number of nitro groups is 1. The van der Waals surface area contributed by atoms with Gasteiger partial charge in [0.05, 0.1) is 10.5 Å². The van der Waals surface area contributed by atoms with E-state index in [1.54, 1.807) is 6.92 Å². The summed E-state index contributed by atoms with van der Waals surface area (Å²) in [5, 5.41) is 18.9. The standard InChI is InChI=1S/C8H7NO4/c1-5-2-6(8(10)11)4-7(3-5)9(12)13/h2-4H,1H3,(H,10,11). The fourth-order valence-electron chi connectivity index (χ4n) is 0.992. The van der Waals surface area contributed by atoms with E-state index in [1.807, 2.05) is 0 Å². The first-order chi connectivity index (χ1) is 6.00. The summed E-state index contributed by atoms with van der Waals surface area (Å²) in [5.41, 5.74) is 0.302. The van der Waals surface area contributed by atoms with Crippen molar-refractivity contribution in [3.05, 3.63) is 39.4 Å². The molecule has 0 aliphatic rings. The predicted molar refractivity (Wildman–Crippen MR) is 44.8 cm³/mol. The number of carboxylic acids is 1. The van der Waals surface area contributed by atoms with E-state index in [0.29, 0.717) is 5.56 Å². The Bertz CT molecular complexity index is 340. The number of nitrogens with zero attached hydrogens (tertiary/aromatic N) is 1. The Balaban J connectivity index is 3.26. The van der Waals surface area contributed by atoms with Crippen LogP contribution in [-0.4, -0.2) is 16.0 Å². The molecular weight excluding hydrogens is 174 g/mol. The highest BCUT2D eigenvalue weighted by Crippen LogP contribution is 2.16. The molecule has 1 N–H and O–H groups in total. The van der Waals surface area contributed by atoms with E-state index < -0.39 is 10.9 Å². The first-order valence-corrected chi connectivity index (χ1v) is 3.50. The number of rotatable bonds is 2. The summed E-state index contributed by atoms with van der Waals surface area (Å²) in [6.07, 6.45) is 0. The predicted octanol–water partition coefficient (Wildman–Crippen LogP) is 1.60. The van der Waals surface area contributed by atoms with Crippen LogP contribution in [0, 0.1) is 17.0 Å². The molecule has 13 heavy (non-hydrogen) atoms. The van der Waals surface area contributed by atoms with Crippen LogP contribution >= 0.6 is 0 Å². The van der Waals surface area contributed by atoms with E-state index in [2.05, 4.69) is 0 Å². The summed E-state index contributed by atoms with van der Waals surface area (Å²) in [6, 6.07) is 3.75. The van der Waals surface area contributed by atoms with Crippen molar-refractivity contribution < 1.29 is 14.8 Å². The number of carboxylic acid groups (broad SMARTS) is 1. The van der Waals surface area contributed by atoms with Crippen LogP contribution in [0.4, 0.5) is 5.69 Å². The Morgan fingerprint density at radius 1 is 1.46 bits per heavy atom. The third-order valence-corrected chi connectivity index (χ3v) is 1.52. The molecular formula is C8H7NO4. The highest BCUT2D eigenvalue weighted by Gasteiger charge is 2.11. The maximum Gasteiger partial charge on any atom is 0.335 e. The zero-order chi connectivity index (χ0) is 10.0. The van der Waals surface area contributed by atoms with Crippen molar-refractivity contribution in [2.24, 2.45) is 0 Å². The minimum Gasteiger partial charge on any atom is -0.478 e. The molecule has 0 aromatic heterocycles. The first kappa shape index (κ1) is 9.18. The monoisotopic (exact) mass is 181 g/mol. The van der Waals surface area contributed by atoms with Crippen molar-refractivity contribution in [1.29, 1.82) is 0 Å². The average molecular weight is 181 g/mol. The Hall–Kier alpha value is -1.91. The van der Waals surface area contributed by atoms with Gasteiger partial charge in [-0.25, -0.2) is 4.79 Å². The van der Waals surface area contributed by atoms with Crippen molar-refractivity contribution in [1.82, 2.24) is 0 Å². The summed E-state index contributed by atoms with van der Waals surface area (Å²) in [5.74, 6) is -1.16. The minimum atomic E-state index is -1.16. The van der Waals surface area contributed by atoms with Crippen LogP contribution in [0.2, 0.25) is 0 Å². The lowest BCUT2D eigenvalue weighted by atomic mass is 10.1. The minimum absolute atomic E-state index is 0.0632. The Kier molecular flexibility index (Phi) is 2.27. The normalized spacial score (nSPS) is 9.62. The molecule has 0 fully saturated rings. The van der Waals surface area contributed by atoms with Gasteiger partial charge in [0, 0.05) is 12.1 Å². The van der Waals surface area contributed by atoms with Gasteiger partial charge in [0.25, 0.3) is 5.69 Å². The van der Waals surface area contributed by atoms with Crippen molar-refractivity contribution in [3.8, 4) is 0 Å². The number of hydrogen-bond donors (Lipinski definition) is 1. The number of benzene rings is 1. The van der Waals surface area contributed by atoms with Gasteiger partial charge in [0.2, 0.25) is 0 Å². The summed E-state index contributed by atoms with van der Waals surface area (Å²) in [4.78, 5) is 20.2. The molecule has 0 unspecified atom stereocenters. The van der Waals surface area contributed by atoms with Gasteiger partial charge in [-0.2, -0.15) is 0 Å². The smallest absolute Gasteiger partial charge is 0.335 e. The quantitative estimate of drug-likeness (QED) is 0.555. The van der Waals surface area contributed by atoms with Crippen LogP contribution in [-0.2, 0) is 0 Å². The van der Waals surface area contributed by atoms with Crippen LogP contribution < -0.4 is 0 Å². The largest absolute Gasteiger partial charge is 0.478 e. The van der Waals surface area contributed by atoms with E-state index in [1.165, 1.54) is 12.1 Å². The van der Waals surface area contributed by atoms with Crippen molar-refractivity contribution in [3.63, 3.8) is 0 Å². The molecule has 0 bridgehead atoms. The van der Waals surface area contributed by atoms with E-state index in [-0.39, 0.29) is 11.3 Å². The lowest BCUT2D eigenvalue weighted by Crippen LogP contribution is -1.98. The molecule has 0 saturated heterocycles. The first-order valence-electron chi connectivity index (χ1n) is 3.50. The number of aryl methyl sites for hydroxylation is 1. The molecule has 0 aliphatic heterocycles. The van der Waals surface area contributed by atoms with Gasteiger partial charge >= 0.3 is 5.97 Å². The van der Waals surface area contributed by atoms with Crippen LogP contribution in [0.3, 0.4) is 0 Å². The molecule has 68 valence electrons. The van der Waals surface area contributed by atoms with Gasteiger partial charge in [-0.15, -0.1) is 0 Å². The number of aromatic carboxylic acids is 1. The molecule has 0 radical (unpaired) electrons. The highest BCUT2D eigenvalue weighted by molar-refractivity contribution is 5.88. The van der Waals surface area contributed by atoms with Crippen LogP contribution in [0.15, 0.2) is 18.2 Å². The van der Waals surface area contributed by atoms with Crippen molar-refractivity contribution in [2.75, 3.05) is 0 Å². The van der Waals surface area contributed by atoms with Gasteiger partial charge in [0.15, 0.2) is 0 Å². The number of non-ortho nitro benzene ring substituents is 1. The summed E-state index contributed by atoms with van der Waals surface area (Å²) in [7, 11) is 0. The van der Waals surface area contributed by atoms with E-state index in [0.717, 1.165) is 6.07 Å². The van der Waals surface area contributed by atoms with E-state index in [4.69, 9.17) is 5.11 Å². The Morgan fingerprint density at radius 3 is 2.54 bits per heavy atom. The molecule has 0 spiro atoms. The van der Waals surface area contributed by atoms with Gasteiger partial charge in [0.1, 0.15) is 0 Å². The van der Waals surface area contributed by atoms with Crippen molar-refractivity contribution in [2.45, 2.75) is 6.92 Å².